The predicted molar refractivity (Wildman–Crippen MR) is 54.2 cm³/mol. The molecule has 1 atom stereocenters. The third kappa shape index (κ3) is 1.60. The first-order valence-corrected chi connectivity index (χ1v) is 4.88. The Morgan fingerprint density at radius 1 is 1.79 bits per heavy atom. The maximum atomic E-state index is 5.68. The number of aromatic nitrogens is 2. The quantitative estimate of drug-likeness (QED) is 0.709. The number of anilines is 1. The lowest BCUT2D eigenvalue weighted by Gasteiger charge is -2.41. The highest BCUT2D eigenvalue weighted by Crippen LogP contribution is 2.22. The molecule has 2 heterocycles. The van der Waals surface area contributed by atoms with E-state index in [9.17, 15) is 0 Å². The molecule has 0 radical (unpaired) electrons. The summed E-state index contributed by atoms with van der Waals surface area (Å²) < 4.78 is 5.20. The molecule has 0 bridgehead atoms. The summed E-state index contributed by atoms with van der Waals surface area (Å²) in [7, 11) is 0. The van der Waals surface area contributed by atoms with E-state index in [1.807, 2.05) is 12.4 Å². The molecule has 78 valence electrons. The lowest BCUT2D eigenvalue weighted by molar-refractivity contribution is 0.00551. The van der Waals surface area contributed by atoms with Gasteiger partial charge in [-0.05, 0) is 6.92 Å². The van der Waals surface area contributed by atoms with Crippen molar-refractivity contribution in [3.8, 4) is 0 Å². The van der Waals surface area contributed by atoms with Gasteiger partial charge < -0.3 is 15.4 Å². The summed E-state index contributed by atoms with van der Waals surface area (Å²) in [6.45, 7) is 4.33. The van der Waals surface area contributed by atoms with Gasteiger partial charge in [0.1, 0.15) is 0 Å². The largest absolute Gasteiger partial charge is 0.377 e. The summed E-state index contributed by atoms with van der Waals surface area (Å²) in [5.74, 6) is 0. The first-order chi connectivity index (χ1) is 6.83. The topological polar surface area (TPSA) is 67.2 Å². The van der Waals surface area contributed by atoms with Crippen molar-refractivity contribution >= 4 is 5.69 Å². The first-order valence-electron chi connectivity index (χ1n) is 4.88. The van der Waals surface area contributed by atoms with Crippen molar-refractivity contribution in [3.05, 3.63) is 12.4 Å². The highest BCUT2D eigenvalue weighted by atomic mass is 16.5. The maximum absolute atomic E-state index is 5.68. The second-order valence-corrected chi connectivity index (χ2v) is 3.64. The molecule has 1 saturated heterocycles. The van der Waals surface area contributed by atoms with Gasteiger partial charge in [-0.1, -0.05) is 0 Å². The molecule has 0 saturated carbocycles. The van der Waals surface area contributed by atoms with Crippen molar-refractivity contribution in [2.24, 2.45) is 5.73 Å². The summed E-state index contributed by atoms with van der Waals surface area (Å²) in [5, 5.41) is 6.77. The number of H-pyrrole nitrogens is 1. The molecule has 0 aromatic carbocycles. The minimum Gasteiger partial charge on any atom is -0.377 e. The van der Waals surface area contributed by atoms with E-state index >= 15 is 0 Å². The van der Waals surface area contributed by atoms with Crippen molar-refractivity contribution in [2.75, 3.05) is 24.7 Å². The monoisotopic (exact) mass is 196 g/mol. The Morgan fingerprint density at radius 3 is 3.00 bits per heavy atom. The summed E-state index contributed by atoms with van der Waals surface area (Å²) in [6, 6.07) is 0.771. The zero-order chi connectivity index (χ0) is 9.97. The minimum atomic E-state index is 0.321. The third-order valence-corrected chi connectivity index (χ3v) is 2.61. The van der Waals surface area contributed by atoms with Crippen molar-refractivity contribution in [3.63, 3.8) is 0 Å². The van der Waals surface area contributed by atoms with Crippen LogP contribution in [0.1, 0.15) is 6.92 Å². The van der Waals surface area contributed by atoms with E-state index in [0.717, 1.165) is 18.9 Å². The molecule has 2 rings (SSSR count). The third-order valence-electron chi connectivity index (χ3n) is 2.61. The van der Waals surface area contributed by atoms with E-state index in [2.05, 4.69) is 22.0 Å². The number of nitrogens with zero attached hydrogens (tertiary/aromatic N) is 2. The van der Waals surface area contributed by atoms with E-state index in [1.54, 1.807) is 0 Å². The van der Waals surface area contributed by atoms with Gasteiger partial charge in [0.25, 0.3) is 0 Å². The molecule has 0 amide bonds. The molecule has 0 aliphatic carbocycles. The Morgan fingerprint density at radius 2 is 2.57 bits per heavy atom. The Kier molecular flexibility index (Phi) is 2.69. The zero-order valence-corrected chi connectivity index (χ0v) is 8.31. The van der Waals surface area contributed by atoms with E-state index < -0.39 is 0 Å². The summed E-state index contributed by atoms with van der Waals surface area (Å²) in [5.41, 5.74) is 6.78. The second-order valence-electron chi connectivity index (χ2n) is 3.64. The van der Waals surface area contributed by atoms with Gasteiger partial charge >= 0.3 is 0 Å². The molecule has 1 fully saturated rings. The van der Waals surface area contributed by atoms with Gasteiger partial charge in [0.05, 0.1) is 31.1 Å². The fourth-order valence-electron chi connectivity index (χ4n) is 1.71. The molecule has 0 spiro atoms. The molecule has 1 aliphatic rings. The summed E-state index contributed by atoms with van der Waals surface area (Å²) >= 11 is 0. The zero-order valence-electron chi connectivity index (χ0n) is 8.31. The van der Waals surface area contributed by atoms with Crippen molar-refractivity contribution in [2.45, 2.75) is 19.0 Å². The van der Waals surface area contributed by atoms with Crippen LogP contribution in [0.5, 0.6) is 0 Å². The van der Waals surface area contributed by atoms with Crippen LogP contribution >= 0.6 is 0 Å². The van der Waals surface area contributed by atoms with Crippen LogP contribution in [0, 0.1) is 0 Å². The summed E-state index contributed by atoms with van der Waals surface area (Å²) in [6.07, 6.45) is 3.72. The highest BCUT2D eigenvalue weighted by molar-refractivity contribution is 5.45. The van der Waals surface area contributed by atoms with Crippen LogP contribution < -0.4 is 10.6 Å². The van der Waals surface area contributed by atoms with Crippen LogP contribution in [0.2, 0.25) is 0 Å². The lowest BCUT2D eigenvalue weighted by atomic mass is 10.1. The Hall–Kier alpha value is -1.07. The van der Waals surface area contributed by atoms with Crippen molar-refractivity contribution in [1.29, 1.82) is 0 Å². The van der Waals surface area contributed by atoms with Crippen LogP contribution in [0.4, 0.5) is 5.69 Å². The van der Waals surface area contributed by atoms with Crippen LogP contribution in [0.25, 0.3) is 0 Å². The first kappa shape index (κ1) is 9.48. The van der Waals surface area contributed by atoms with E-state index in [0.29, 0.717) is 18.6 Å². The average molecular weight is 196 g/mol. The Balaban J connectivity index is 2.13. The van der Waals surface area contributed by atoms with Gasteiger partial charge in [0.2, 0.25) is 0 Å². The SMILES string of the molecule is CC(CN)N(c1cn[nH]c1)C1COC1. The fraction of sp³-hybridized carbons (Fsp3) is 0.667. The van der Waals surface area contributed by atoms with Crippen LogP contribution in [-0.4, -0.2) is 42.0 Å². The van der Waals surface area contributed by atoms with E-state index in [1.165, 1.54) is 0 Å². The second kappa shape index (κ2) is 3.98. The summed E-state index contributed by atoms with van der Waals surface area (Å²) in [4.78, 5) is 2.27. The number of rotatable bonds is 4. The molecule has 5 heteroatoms. The predicted octanol–water partition coefficient (Wildman–Crippen LogP) is -0.0379. The standard InChI is InChI=1S/C9H16N4O/c1-7(2-10)13(9-5-14-6-9)8-3-11-12-4-8/h3-4,7,9H,2,5-6,10H2,1H3,(H,11,12). The smallest absolute Gasteiger partial charge is 0.0761 e. The number of nitrogens with two attached hydrogens (primary N) is 1. The normalized spacial score (nSPS) is 19.0. The number of aromatic amines is 1. The van der Waals surface area contributed by atoms with Crippen LogP contribution in [-0.2, 0) is 4.74 Å². The molecular weight excluding hydrogens is 180 g/mol. The van der Waals surface area contributed by atoms with E-state index in [4.69, 9.17) is 10.5 Å². The molecule has 5 nitrogen and oxygen atoms in total. The van der Waals surface area contributed by atoms with Gasteiger partial charge in [0.15, 0.2) is 0 Å². The van der Waals surface area contributed by atoms with Crippen molar-refractivity contribution < 1.29 is 4.74 Å². The Bertz CT molecular complexity index is 266. The molecule has 1 aromatic heterocycles. The number of hydrogen-bond donors (Lipinski definition) is 2. The molecular formula is C9H16N4O. The van der Waals surface area contributed by atoms with Gasteiger partial charge in [-0.15, -0.1) is 0 Å². The molecule has 1 unspecified atom stereocenters. The average Bonchev–Trinajstić information content (AvgIpc) is 2.62. The Labute approximate surface area is 83.2 Å². The van der Waals surface area contributed by atoms with Crippen molar-refractivity contribution in [1.82, 2.24) is 10.2 Å². The molecule has 14 heavy (non-hydrogen) atoms. The molecule has 3 N–H and O–H groups in total. The number of hydrogen-bond acceptors (Lipinski definition) is 4. The van der Waals surface area contributed by atoms with Crippen LogP contribution in [0.15, 0.2) is 12.4 Å². The van der Waals surface area contributed by atoms with Gasteiger partial charge in [0, 0.05) is 18.8 Å². The molecule has 1 aromatic rings. The lowest BCUT2D eigenvalue weighted by Crippen LogP contribution is -2.54. The van der Waals surface area contributed by atoms with Gasteiger partial charge in [-0.3, -0.25) is 5.10 Å². The minimum absolute atomic E-state index is 0.321. The van der Waals surface area contributed by atoms with Gasteiger partial charge in [-0.25, -0.2) is 0 Å². The molecule has 1 aliphatic heterocycles. The van der Waals surface area contributed by atoms with Crippen LogP contribution in [0.3, 0.4) is 0 Å². The van der Waals surface area contributed by atoms with E-state index in [-0.39, 0.29) is 0 Å². The highest BCUT2D eigenvalue weighted by Gasteiger charge is 2.29. The maximum Gasteiger partial charge on any atom is 0.0761 e. The fourth-order valence-corrected chi connectivity index (χ4v) is 1.71. The number of ether oxygens (including phenoxy) is 1. The van der Waals surface area contributed by atoms with Gasteiger partial charge in [-0.2, -0.15) is 5.10 Å². The number of nitrogens with one attached hydrogen (secondary N) is 1.